The Bertz CT molecular complexity index is 240. The molecule has 1 unspecified atom stereocenters. The summed E-state index contributed by atoms with van der Waals surface area (Å²) in [4.78, 5) is 0. The standard InChI is InChI=1S/C13H28O3Si.C2H8N2/c1-5-13(14-6-2)11-9-10-12-17(13,15-7-3)16-8-4;3-1-2-4/h5-12H2,1-4H3;1-4H2. The summed E-state index contributed by atoms with van der Waals surface area (Å²) in [7, 11) is -2.21. The molecule has 128 valence electrons. The van der Waals surface area contributed by atoms with Crippen LogP contribution in [-0.2, 0) is 13.6 Å². The zero-order valence-electron chi connectivity index (χ0n) is 14.5. The minimum absolute atomic E-state index is 0.119. The van der Waals surface area contributed by atoms with Gasteiger partial charge < -0.3 is 25.1 Å². The van der Waals surface area contributed by atoms with E-state index in [9.17, 15) is 0 Å². The van der Waals surface area contributed by atoms with Crippen LogP contribution in [0.15, 0.2) is 0 Å². The maximum atomic E-state index is 6.16. The second kappa shape index (κ2) is 11.6. The van der Waals surface area contributed by atoms with Gasteiger partial charge in [-0.2, -0.15) is 0 Å². The fourth-order valence-electron chi connectivity index (χ4n) is 3.11. The zero-order valence-corrected chi connectivity index (χ0v) is 15.5. The molecule has 1 atom stereocenters. The first-order valence-electron chi connectivity index (χ1n) is 8.43. The predicted molar refractivity (Wildman–Crippen MR) is 90.4 cm³/mol. The normalized spacial score (nSPS) is 24.3. The summed E-state index contributed by atoms with van der Waals surface area (Å²) in [6.07, 6.45) is 4.57. The Labute approximate surface area is 131 Å². The van der Waals surface area contributed by atoms with Crippen LogP contribution in [0, 0.1) is 0 Å². The first kappa shape index (κ1) is 21.0. The Hall–Kier alpha value is 0.0169. The van der Waals surface area contributed by atoms with Crippen LogP contribution in [0.25, 0.3) is 0 Å². The van der Waals surface area contributed by atoms with Crippen molar-refractivity contribution in [2.45, 2.75) is 64.6 Å². The van der Waals surface area contributed by atoms with Gasteiger partial charge in [0.25, 0.3) is 0 Å². The third kappa shape index (κ3) is 5.62. The van der Waals surface area contributed by atoms with E-state index in [1.165, 1.54) is 12.8 Å². The molecule has 5 nitrogen and oxygen atoms in total. The summed E-state index contributed by atoms with van der Waals surface area (Å²) in [6.45, 7) is 11.8. The number of ether oxygens (including phenoxy) is 1. The lowest BCUT2D eigenvalue weighted by Gasteiger charge is -2.49. The molecule has 0 radical (unpaired) electrons. The van der Waals surface area contributed by atoms with E-state index in [-0.39, 0.29) is 5.22 Å². The molecule has 1 fully saturated rings. The molecule has 0 saturated carbocycles. The minimum Gasteiger partial charge on any atom is -0.393 e. The van der Waals surface area contributed by atoms with E-state index in [1.54, 1.807) is 0 Å². The predicted octanol–water partition coefficient (Wildman–Crippen LogP) is 2.31. The van der Waals surface area contributed by atoms with E-state index in [1.807, 2.05) is 0 Å². The topological polar surface area (TPSA) is 79.7 Å². The molecule has 4 N–H and O–H groups in total. The summed E-state index contributed by atoms with van der Waals surface area (Å²) in [6, 6.07) is 1.09. The first-order chi connectivity index (χ1) is 10.1. The van der Waals surface area contributed by atoms with E-state index >= 15 is 0 Å². The smallest absolute Gasteiger partial charge is 0.371 e. The minimum atomic E-state index is -2.21. The first-order valence-corrected chi connectivity index (χ1v) is 10.5. The van der Waals surface area contributed by atoms with E-state index < -0.39 is 8.56 Å². The highest BCUT2D eigenvalue weighted by Crippen LogP contribution is 2.42. The zero-order chi connectivity index (χ0) is 16.2. The Kier molecular flexibility index (Phi) is 11.6. The number of hydrogen-bond acceptors (Lipinski definition) is 5. The molecule has 1 aliphatic rings. The molecule has 0 aliphatic carbocycles. The van der Waals surface area contributed by atoms with Crippen LogP contribution in [0.3, 0.4) is 0 Å². The molecule has 0 spiro atoms. The van der Waals surface area contributed by atoms with Crippen LogP contribution >= 0.6 is 0 Å². The van der Waals surface area contributed by atoms with Crippen molar-refractivity contribution < 1.29 is 13.6 Å². The van der Waals surface area contributed by atoms with Gasteiger partial charge in [0.15, 0.2) is 0 Å². The van der Waals surface area contributed by atoms with Crippen LogP contribution in [0.2, 0.25) is 6.04 Å². The van der Waals surface area contributed by atoms with Crippen molar-refractivity contribution in [3.63, 3.8) is 0 Å². The van der Waals surface area contributed by atoms with Crippen molar-refractivity contribution in [1.29, 1.82) is 0 Å². The number of rotatable bonds is 8. The van der Waals surface area contributed by atoms with Gasteiger partial charge in [0.2, 0.25) is 0 Å². The molecular formula is C15H36N2O3Si. The molecule has 1 saturated heterocycles. The van der Waals surface area contributed by atoms with Gasteiger partial charge in [-0.05, 0) is 39.7 Å². The van der Waals surface area contributed by atoms with Crippen LogP contribution < -0.4 is 11.5 Å². The lowest BCUT2D eigenvalue weighted by Crippen LogP contribution is -2.65. The average molecular weight is 321 g/mol. The molecule has 6 heteroatoms. The SMILES string of the molecule is CCOC1(CC)CCCC[Si]1(OCC)OCC.NCCN. The van der Waals surface area contributed by atoms with Crippen molar-refractivity contribution in [1.82, 2.24) is 0 Å². The molecular weight excluding hydrogens is 284 g/mol. The molecule has 0 bridgehead atoms. The molecule has 0 aromatic rings. The van der Waals surface area contributed by atoms with E-state index in [4.69, 9.17) is 25.1 Å². The largest absolute Gasteiger partial charge is 0.393 e. The highest BCUT2D eigenvalue weighted by molar-refractivity contribution is 6.70. The fourth-order valence-corrected chi connectivity index (χ4v) is 7.57. The second-order valence-corrected chi connectivity index (χ2v) is 8.68. The van der Waals surface area contributed by atoms with Gasteiger partial charge in [0.1, 0.15) is 5.22 Å². The molecule has 1 aliphatic heterocycles. The maximum absolute atomic E-state index is 6.16. The van der Waals surface area contributed by atoms with Crippen molar-refractivity contribution >= 4 is 8.56 Å². The van der Waals surface area contributed by atoms with Crippen LogP contribution in [0.1, 0.15) is 53.4 Å². The molecule has 21 heavy (non-hydrogen) atoms. The van der Waals surface area contributed by atoms with Gasteiger partial charge in [-0.3, -0.25) is 0 Å². The second-order valence-electron chi connectivity index (χ2n) is 5.18. The van der Waals surface area contributed by atoms with Gasteiger partial charge in [-0.15, -0.1) is 0 Å². The number of hydrogen-bond donors (Lipinski definition) is 2. The van der Waals surface area contributed by atoms with Gasteiger partial charge >= 0.3 is 8.56 Å². The summed E-state index contributed by atoms with van der Waals surface area (Å²) >= 11 is 0. The molecule has 0 amide bonds. The highest BCUT2D eigenvalue weighted by atomic mass is 28.4. The van der Waals surface area contributed by atoms with Crippen molar-refractivity contribution in [2.75, 3.05) is 32.9 Å². The lowest BCUT2D eigenvalue weighted by molar-refractivity contribution is -0.0426. The van der Waals surface area contributed by atoms with Gasteiger partial charge in [-0.25, -0.2) is 0 Å². The third-order valence-electron chi connectivity index (χ3n) is 3.94. The fraction of sp³-hybridized carbons (Fsp3) is 1.00. The molecule has 0 aromatic carbocycles. The molecule has 0 aromatic heterocycles. The summed E-state index contributed by atoms with van der Waals surface area (Å²) in [5.41, 5.74) is 9.81. The van der Waals surface area contributed by atoms with Crippen molar-refractivity contribution in [3.05, 3.63) is 0 Å². The third-order valence-corrected chi connectivity index (χ3v) is 8.60. The van der Waals surface area contributed by atoms with Crippen molar-refractivity contribution in [3.8, 4) is 0 Å². The average Bonchev–Trinajstić information content (AvgIpc) is 2.50. The van der Waals surface area contributed by atoms with Gasteiger partial charge in [0.05, 0.1) is 0 Å². The van der Waals surface area contributed by atoms with Crippen LogP contribution in [-0.4, -0.2) is 46.7 Å². The Morgan fingerprint density at radius 1 is 0.905 bits per heavy atom. The van der Waals surface area contributed by atoms with Gasteiger partial charge in [0, 0.05) is 32.9 Å². The Morgan fingerprint density at radius 2 is 1.48 bits per heavy atom. The van der Waals surface area contributed by atoms with E-state index in [0.717, 1.165) is 38.7 Å². The summed E-state index contributed by atoms with van der Waals surface area (Å²) in [5.74, 6) is 0. The Balaban J connectivity index is 0.000000885. The highest BCUT2D eigenvalue weighted by Gasteiger charge is 2.58. The van der Waals surface area contributed by atoms with Crippen LogP contribution in [0.4, 0.5) is 0 Å². The number of nitrogens with two attached hydrogens (primary N) is 2. The van der Waals surface area contributed by atoms with Gasteiger partial charge in [-0.1, -0.05) is 19.8 Å². The lowest BCUT2D eigenvalue weighted by atomic mass is 10.1. The van der Waals surface area contributed by atoms with E-state index in [2.05, 4.69) is 27.7 Å². The Morgan fingerprint density at radius 3 is 1.86 bits per heavy atom. The maximum Gasteiger partial charge on any atom is 0.371 e. The monoisotopic (exact) mass is 320 g/mol. The van der Waals surface area contributed by atoms with Crippen LogP contribution in [0.5, 0.6) is 0 Å². The summed E-state index contributed by atoms with van der Waals surface area (Å²) in [5, 5.41) is -0.119. The quantitative estimate of drug-likeness (QED) is 0.671. The van der Waals surface area contributed by atoms with Crippen molar-refractivity contribution in [2.24, 2.45) is 11.5 Å². The van der Waals surface area contributed by atoms with E-state index in [0.29, 0.717) is 13.1 Å². The molecule has 1 rings (SSSR count). The molecule has 1 heterocycles. The summed E-state index contributed by atoms with van der Waals surface area (Å²) < 4.78 is 18.5.